The number of hydrogen-bond acceptors (Lipinski definition) is 1. The summed E-state index contributed by atoms with van der Waals surface area (Å²) in [5, 5.41) is 0. The van der Waals surface area contributed by atoms with E-state index >= 15 is 0 Å². The van der Waals surface area contributed by atoms with E-state index in [-0.39, 0.29) is 0 Å². The van der Waals surface area contributed by atoms with E-state index in [1.165, 1.54) is 0 Å². The summed E-state index contributed by atoms with van der Waals surface area (Å²) in [6.07, 6.45) is 3.37. The highest BCUT2D eigenvalue weighted by atomic mass is 32.1. The lowest BCUT2D eigenvalue weighted by Gasteiger charge is -2.07. The van der Waals surface area contributed by atoms with Gasteiger partial charge in [-0.1, -0.05) is 31.4 Å². The molecular weight excluding hydrogens is 144 g/mol. The van der Waals surface area contributed by atoms with Crippen LogP contribution >= 0.6 is 12.6 Å². The first-order valence-electron chi connectivity index (χ1n) is 3.35. The zero-order valence-corrected chi connectivity index (χ0v) is 8.41. The minimum atomic E-state index is -0.909. The SMILES string of the molecule is C[Si](C)(C)/C=C\CCS. The zero-order valence-electron chi connectivity index (χ0n) is 6.52. The predicted molar refractivity (Wildman–Crippen MR) is 51.0 cm³/mol. The Morgan fingerprint density at radius 1 is 1.33 bits per heavy atom. The Hall–Kier alpha value is 0.307. The fourth-order valence-electron chi connectivity index (χ4n) is 0.511. The first-order chi connectivity index (χ1) is 4.06. The summed E-state index contributed by atoms with van der Waals surface area (Å²) in [7, 11) is -0.909. The van der Waals surface area contributed by atoms with Gasteiger partial charge >= 0.3 is 0 Å². The van der Waals surface area contributed by atoms with E-state index in [9.17, 15) is 0 Å². The summed E-state index contributed by atoms with van der Waals surface area (Å²) in [5.41, 5.74) is 2.36. The molecule has 0 unspecified atom stereocenters. The van der Waals surface area contributed by atoms with Crippen molar-refractivity contribution in [3.05, 3.63) is 11.8 Å². The monoisotopic (exact) mass is 160 g/mol. The van der Waals surface area contributed by atoms with Gasteiger partial charge in [0.1, 0.15) is 0 Å². The van der Waals surface area contributed by atoms with Crippen molar-refractivity contribution >= 4 is 20.7 Å². The standard InChI is InChI=1S/C7H16SSi/c1-9(2,3)7-5-4-6-8/h5,7-8H,4,6H2,1-3H3/b7-5-. The smallest absolute Gasteiger partial charge is 0.0682 e. The van der Waals surface area contributed by atoms with Gasteiger partial charge in [-0.3, -0.25) is 0 Å². The number of allylic oxidation sites excluding steroid dienone is 1. The van der Waals surface area contributed by atoms with Crippen LogP contribution in [0.1, 0.15) is 6.42 Å². The lowest BCUT2D eigenvalue weighted by atomic mass is 10.5. The molecule has 0 rings (SSSR count). The lowest BCUT2D eigenvalue weighted by Crippen LogP contribution is -2.15. The van der Waals surface area contributed by atoms with Crippen LogP contribution in [0.4, 0.5) is 0 Å². The highest BCUT2D eigenvalue weighted by Crippen LogP contribution is 2.02. The van der Waals surface area contributed by atoms with Crippen molar-refractivity contribution in [1.82, 2.24) is 0 Å². The minimum absolute atomic E-state index is 0.909. The molecule has 0 aliphatic heterocycles. The second-order valence-corrected chi connectivity index (χ2v) is 8.79. The second kappa shape index (κ2) is 4.17. The third-order valence-corrected chi connectivity index (χ3v) is 2.41. The van der Waals surface area contributed by atoms with Crippen molar-refractivity contribution in [3.8, 4) is 0 Å². The largest absolute Gasteiger partial charge is 0.179 e. The molecule has 0 aliphatic carbocycles. The van der Waals surface area contributed by atoms with Gasteiger partial charge in [-0.15, -0.1) is 0 Å². The van der Waals surface area contributed by atoms with Gasteiger partial charge in [-0.05, 0) is 12.2 Å². The molecule has 9 heavy (non-hydrogen) atoms. The highest BCUT2D eigenvalue weighted by molar-refractivity contribution is 7.80. The topological polar surface area (TPSA) is 0 Å². The van der Waals surface area contributed by atoms with Crippen LogP contribution in [0.15, 0.2) is 11.8 Å². The molecule has 0 N–H and O–H groups in total. The van der Waals surface area contributed by atoms with Crippen LogP contribution in [0.2, 0.25) is 19.6 Å². The molecule has 0 amide bonds. The molecule has 54 valence electrons. The first-order valence-corrected chi connectivity index (χ1v) is 7.56. The molecule has 0 saturated heterocycles. The Balaban J connectivity index is 3.45. The minimum Gasteiger partial charge on any atom is -0.179 e. The van der Waals surface area contributed by atoms with E-state index < -0.39 is 8.07 Å². The maximum absolute atomic E-state index is 4.11. The van der Waals surface area contributed by atoms with E-state index in [1.807, 2.05) is 0 Å². The molecule has 0 heterocycles. The molecular formula is C7H16SSi. The molecule has 0 atom stereocenters. The average Bonchev–Trinajstić information content (AvgIpc) is 1.63. The van der Waals surface area contributed by atoms with E-state index in [4.69, 9.17) is 0 Å². The van der Waals surface area contributed by atoms with Crippen molar-refractivity contribution in [2.75, 3.05) is 5.75 Å². The Morgan fingerprint density at radius 2 is 1.89 bits per heavy atom. The fraction of sp³-hybridized carbons (Fsp3) is 0.714. The van der Waals surface area contributed by atoms with Crippen molar-refractivity contribution < 1.29 is 0 Å². The van der Waals surface area contributed by atoms with E-state index in [0.717, 1.165) is 12.2 Å². The molecule has 0 aliphatic rings. The number of hydrogen-bond donors (Lipinski definition) is 1. The van der Waals surface area contributed by atoms with Crippen molar-refractivity contribution in [2.45, 2.75) is 26.1 Å². The van der Waals surface area contributed by atoms with Gasteiger partial charge in [-0.25, -0.2) is 0 Å². The van der Waals surface area contributed by atoms with Gasteiger partial charge < -0.3 is 0 Å². The van der Waals surface area contributed by atoms with E-state index in [0.29, 0.717) is 0 Å². The predicted octanol–water partition coefficient (Wildman–Crippen LogP) is 2.74. The number of thiol groups is 1. The normalized spacial score (nSPS) is 12.9. The van der Waals surface area contributed by atoms with Gasteiger partial charge in [-0.2, -0.15) is 12.6 Å². The van der Waals surface area contributed by atoms with Crippen LogP contribution in [-0.2, 0) is 0 Å². The Labute approximate surface area is 64.8 Å². The summed E-state index contributed by atoms with van der Waals surface area (Å²) < 4.78 is 0. The van der Waals surface area contributed by atoms with Crippen LogP contribution in [0.5, 0.6) is 0 Å². The molecule has 0 radical (unpaired) electrons. The summed E-state index contributed by atoms with van der Waals surface area (Å²) in [6, 6.07) is 0. The molecule has 0 fully saturated rings. The Kier molecular flexibility index (Phi) is 4.32. The lowest BCUT2D eigenvalue weighted by molar-refractivity contribution is 1.25. The third kappa shape index (κ3) is 8.31. The van der Waals surface area contributed by atoms with Crippen LogP contribution < -0.4 is 0 Å². The van der Waals surface area contributed by atoms with E-state index in [2.05, 4.69) is 44.0 Å². The van der Waals surface area contributed by atoms with Crippen molar-refractivity contribution in [1.29, 1.82) is 0 Å². The average molecular weight is 160 g/mol. The van der Waals surface area contributed by atoms with Gasteiger partial charge in [0.2, 0.25) is 0 Å². The van der Waals surface area contributed by atoms with Gasteiger partial charge in [0.05, 0.1) is 8.07 Å². The maximum Gasteiger partial charge on any atom is 0.0682 e. The molecule has 0 nitrogen and oxygen atoms in total. The summed E-state index contributed by atoms with van der Waals surface area (Å²) in [6.45, 7) is 7.01. The van der Waals surface area contributed by atoms with Crippen LogP contribution in [-0.4, -0.2) is 13.8 Å². The summed E-state index contributed by atoms with van der Waals surface area (Å²) >= 11 is 4.11. The molecule has 0 spiro atoms. The van der Waals surface area contributed by atoms with Crippen LogP contribution in [0.25, 0.3) is 0 Å². The summed E-state index contributed by atoms with van der Waals surface area (Å²) in [5.74, 6) is 0.973. The molecule has 0 bridgehead atoms. The highest BCUT2D eigenvalue weighted by Gasteiger charge is 2.05. The van der Waals surface area contributed by atoms with E-state index in [1.54, 1.807) is 0 Å². The van der Waals surface area contributed by atoms with Crippen molar-refractivity contribution in [3.63, 3.8) is 0 Å². The molecule has 0 saturated carbocycles. The van der Waals surface area contributed by atoms with Gasteiger partial charge in [0.15, 0.2) is 0 Å². The summed E-state index contributed by atoms with van der Waals surface area (Å²) in [4.78, 5) is 0. The van der Waals surface area contributed by atoms with Crippen molar-refractivity contribution in [2.24, 2.45) is 0 Å². The Bertz CT molecular complexity index is 91.6. The Morgan fingerprint density at radius 3 is 2.22 bits per heavy atom. The van der Waals surface area contributed by atoms with Gasteiger partial charge in [0, 0.05) is 0 Å². The molecule has 0 aromatic carbocycles. The molecule has 2 heteroatoms. The van der Waals surface area contributed by atoms with Crippen LogP contribution in [0.3, 0.4) is 0 Å². The number of rotatable bonds is 3. The quantitative estimate of drug-likeness (QED) is 0.476. The molecule has 0 aromatic rings. The maximum atomic E-state index is 4.11. The van der Waals surface area contributed by atoms with Gasteiger partial charge in [0.25, 0.3) is 0 Å². The zero-order chi connectivity index (χ0) is 7.33. The second-order valence-electron chi connectivity index (χ2n) is 3.28. The first kappa shape index (κ1) is 9.31. The van der Waals surface area contributed by atoms with Crippen LogP contribution in [0, 0.1) is 0 Å². The fourth-order valence-corrected chi connectivity index (χ4v) is 1.53. The molecule has 0 aromatic heterocycles. The third-order valence-electron chi connectivity index (χ3n) is 0.914.